The van der Waals surface area contributed by atoms with Gasteiger partial charge in [0.15, 0.2) is 0 Å². The van der Waals surface area contributed by atoms with E-state index in [-0.39, 0.29) is 11.9 Å². The van der Waals surface area contributed by atoms with E-state index < -0.39 is 0 Å². The van der Waals surface area contributed by atoms with E-state index >= 15 is 0 Å². The highest BCUT2D eigenvalue weighted by Gasteiger charge is 2.06. The predicted molar refractivity (Wildman–Crippen MR) is 76.3 cm³/mol. The Balaban J connectivity index is 2.52. The van der Waals surface area contributed by atoms with Crippen molar-refractivity contribution >= 4 is 17.6 Å². The standard InChI is InChI=1S/C14H21N3O2/c1-10(2)7-8-16-14(19)17-12-6-4-5-11(9-12)13(18)15-3/h4-6,9-10H,7-8H2,1-3H3,(H,15,18)(H2,16,17,19). The first kappa shape index (κ1) is 15.0. The molecule has 0 spiro atoms. The van der Waals surface area contributed by atoms with Crippen LogP contribution in [0.1, 0.15) is 30.6 Å². The average molecular weight is 263 g/mol. The zero-order valence-corrected chi connectivity index (χ0v) is 11.6. The first-order chi connectivity index (χ1) is 9.02. The maximum absolute atomic E-state index is 11.6. The van der Waals surface area contributed by atoms with E-state index in [2.05, 4.69) is 29.8 Å². The van der Waals surface area contributed by atoms with Gasteiger partial charge in [0.1, 0.15) is 0 Å². The number of amides is 3. The Kier molecular flexibility index (Phi) is 5.85. The number of anilines is 1. The normalized spacial score (nSPS) is 10.1. The maximum atomic E-state index is 11.6. The molecule has 0 saturated heterocycles. The van der Waals surface area contributed by atoms with Gasteiger partial charge >= 0.3 is 6.03 Å². The zero-order chi connectivity index (χ0) is 14.3. The summed E-state index contributed by atoms with van der Waals surface area (Å²) in [6.45, 7) is 4.84. The fraction of sp³-hybridized carbons (Fsp3) is 0.429. The summed E-state index contributed by atoms with van der Waals surface area (Å²) in [6.07, 6.45) is 0.936. The number of rotatable bonds is 5. The molecule has 0 fully saturated rings. The SMILES string of the molecule is CNC(=O)c1cccc(NC(=O)NCCC(C)C)c1. The van der Waals surface area contributed by atoms with Crippen molar-refractivity contribution in [1.29, 1.82) is 0 Å². The summed E-state index contributed by atoms with van der Waals surface area (Å²) < 4.78 is 0. The van der Waals surface area contributed by atoms with E-state index in [0.717, 1.165) is 6.42 Å². The summed E-state index contributed by atoms with van der Waals surface area (Å²) >= 11 is 0. The van der Waals surface area contributed by atoms with Gasteiger partial charge in [-0.15, -0.1) is 0 Å². The van der Waals surface area contributed by atoms with Crippen LogP contribution >= 0.6 is 0 Å². The van der Waals surface area contributed by atoms with E-state index in [4.69, 9.17) is 0 Å². The quantitative estimate of drug-likeness (QED) is 0.762. The molecule has 0 saturated carbocycles. The van der Waals surface area contributed by atoms with Gasteiger partial charge in [-0.3, -0.25) is 4.79 Å². The Labute approximate surface area is 113 Å². The van der Waals surface area contributed by atoms with Crippen LogP contribution in [0.15, 0.2) is 24.3 Å². The van der Waals surface area contributed by atoms with Crippen molar-refractivity contribution in [2.75, 3.05) is 18.9 Å². The van der Waals surface area contributed by atoms with Crippen LogP contribution < -0.4 is 16.0 Å². The van der Waals surface area contributed by atoms with Crippen molar-refractivity contribution in [2.45, 2.75) is 20.3 Å². The lowest BCUT2D eigenvalue weighted by Crippen LogP contribution is -2.30. The van der Waals surface area contributed by atoms with E-state index in [1.807, 2.05) is 0 Å². The Bertz CT molecular complexity index is 444. The smallest absolute Gasteiger partial charge is 0.319 e. The largest absolute Gasteiger partial charge is 0.355 e. The molecule has 0 heterocycles. The predicted octanol–water partition coefficient (Wildman–Crippen LogP) is 2.21. The van der Waals surface area contributed by atoms with E-state index in [1.165, 1.54) is 0 Å². The molecule has 0 aliphatic heterocycles. The molecule has 0 radical (unpaired) electrons. The number of benzene rings is 1. The lowest BCUT2D eigenvalue weighted by atomic mass is 10.1. The molecule has 1 rings (SSSR count). The Morgan fingerprint density at radius 1 is 1.26 bits per heavy atom. The minimum absolute atomic E-state index is 0.177. The minimum Gasteiger partial charge on any atom is -0.355 e. The van der Waals surface area contributed by atoms with Crippen LogP contribution in [-0.2, 0) is 0 Å². The molecular formula is C14H21N3O2. The van der Waals surface area contributed by atoms with Crippen molar-refractivity contribution in [2.24, 2.45) is 5.92 Å². The number of hydrogen-bond donors (Lipinski definition) is 3. The molecule has 5 heteroatoms. The van der Waals surface area contributed by atoms with Gasteiger partial charge in [-0.1, -0.05) is 19.9 Å². The van der Waals surface area contributed by atoms with Crippen molar-refractivity contribution in [1.82, 2.24) is 10.6 Å². The lowest BCUT2D eigenvalue weighted by Gasteiger charge is -2.09. The molecule has 19 heavy (non-hydrogen) atoms. The van der Waals surface area contributed by atoms with Crippen molar-refractivity contribution in [3.05, 3.63) is 29.8 Å². The fourth-order valence-electron chi connectivity index (χ4n) is 1.53. The summed E-state index contributed by atoms with van der Waals surface area (Å²) in [5.74, 6) is 0.376. The zero-order valence-electron chi connectivity index (χ0n) is 11.6. The molecule has 3 amide bonds. The van der Waals surface area contributed by atoms with Crippen LogP contribution in [0.3, 0.4) is 0 Å². The second kappa shape index (κ2) is 7.41. The monoisotopic (exact) mass is 263 g/mol. The molecule has 0 atom stereocenters. The van der Waals surface area contributed by atoms with E-state index in [9.17, 15) is 9.59 Å². The van der Waals surface area contributed by atoms with Crippen molar-refractivity contribution < 1.29 is 9.59 Å². The molecule has 0 aromatic heterocycles. The van der Waals surface area contributed by atoms with Gasteiger partial charge in [-0.2, -0.15) is 0 Å². The number of urea groups is 1. The van der Waals surface area contributed by atoms with E-state index in [1.54, 1.807) is 31.3 Å². The molecule has 1 aromatic rings. The third-order valence-electron chi connectivity index (χ3n) is 2.62. The molecule has 0 aliphatic carbocycles. The Morgan fingerprint density at radius 2 is 2.00 bits per heavy atom. The number of carbonyl (C=O) groups is 2. The second-order valence-electron chi connectivity index (χ2n) is 4.72. The highest BCUT2D eigenvalue weighted by atomic mass is 16.2. The number of hydrogen-bond acceptors (Lipinski definition) is 2. The Morgan fingerprint density at radius 3 is 2.63 bits per heavy atom. The van der Waals surface area contributed by atoms with Crippen molar-refractivity contribution in [3.8, 4) is 0 Å². The highest BCUT2D eigenvalue weighted by molar-refractivity contribution is 5.96. The third-order valence-corrected chi connectivity index (χ3v) is 2.62. The highest BCUT2D eigenvalue weighted by Crippen LogP contribution is 2.10. The molecule has 0 bridgehead atoms. The second-order valence-corrected chi connectivity index (χ2v) is 4.72. The van der Waals surface area contributed by atoms with Gasteiger partial charge in [0.2, 0.25) is 0 Å². The summed E-state index contributed by atoms with van der Waals surface area (Å²) in [7, 11) is 1.57. The van der Waals surface area contributed by atoms with Crippen LogP contribution in [-0.4, -0.2) is 25.5 Å². The molecule has 0 aliphatic rings. The van der Waals surface area contributed by atoms with Crippen LogP contribution in [0.25, 0.3) is 0 Å². The van der Waals surface area contributed by atoms with Gasteiger partial charge < -0.3 is 16.0 Å². The fourth-order valence-corrected chi connectivity index (χ4v) is 1.53. The number of nitrogens with one attached hydrogen (secondary N) is 3. The van der Waals surface area contributed by atoms with Crippen LogP contribution in [0.2, 0.25) is 0 Å². The van der Waals surface area contributed by atoms with Crippen molar-refractivity contribution in [3.63, 3.8) is 0 Å². The molecule has 1 aromatic carbocycles. The van der Waals surface area contributed by atoms with E-state index in [0.29, 0.717) is 23.7 Å². The minimum atomic E-state index is -0.255. The summed E-state index contributed by atoms with van der Waals surface area (Å²) in [6, 6.07) is 6.55. The van der Waals surface area contributed by atoms with Gasteiger partial charge in [0, 0.05) is 24.8 Å². The molecular weight excluding hydrogens is 242 g/mol. The average Bonchev–Trinajstić information content (AvgIpc) is 2.37. The topological polar surface area (TPSA) is 70.2 Å². The van der Waals surface area contributed by atoms with Crippen LogP contribution in [0, 0.1) is 5.92 Å². The van der Waals surface area contributed by atoms with Gasteiger partial charge in [-0.05, 0) is 30.5 Å². The first-order valence-electron chi connectivity index (χ1n) is 6.40. The lowest BCUT2D eigenvalue weighted by molar-refractivity contribution is 0.0963. The third kappa shape index (κ3) is 5.42. The molecule has 5 nitrogen and oxygen atoms in total. The van der Waals surface area contributed by atoms with Crippen LogP contribution in [0.5, 0.6) is 0 Å². The molecule has 3 N–H and O–H groups in total. The summed E-state index contributed by atoms with van der Waals surface area (Å²) in [5.41, 5.74) is 1.12. The summed E-state index contributed by atoms with van der Waals surface area (Å²) in [4.78, 5) is 23.1. The molecule has 0 unspecified atom stereocenters. The van der Waals surface area contributed by atoms with Gasteiger partial charge in [0.25, 0.3) is 5.91 Å². The Hall–Kier alpha value is -2.04. The first-order valence-corrected chi connectivity index (χ1v) is 6.40. The maximum Gasteiger partial charge on any atom is 0.319 e. The summed E-state index contributed by atoms with van der Waals surface area (Å²) in [5, 5.41) is 8.02. The van der Waals surface area contributed by atoms with Gasteiger partial charge in [0.05, 0.1) is 0 Å². The van der Waals surface area contributed by atoms with Gasteiger partial charge in [-0.25, -0.2) is 4.79 Å². The number of carbonyl (C=O) groups excluding carboxylic acids is 2. The van der Waals surface area contributed by atoms with Crippen LogP contribution in [0.4, 0.5) is 10.5 Å². The molecule has 104 valence electrons.